The van der Waals surface area contributed by atoms with Crippen molar-refractivity contribution >= 4 is 17.6 Å². The summed E-state index contributed by atoms with van der Waals surface area (Å²) in [5, 5.41) is 2.20. The summed E-state index contributed by atoms with van der Waals surface area (Å²) in [6.07, 6.45) is -1.23. The molecule has 3 aromatic rings. The lowest BCUT2D eigenvalue weighted by Crippen LogP contribution is -2.30. The quantitative estimate of drug-likeness (QED) is 0.571. The van der Waals surface area contributed by atoms with Crippen LogP contribution in [0.1, 0.15) is 22.8 Å². The molecule has 1 N–H and O–H groups in total. The number of benzene rings is 3. The molecule has 0 fully saturated rings. The summed E-state index contributed by atoms with van der Waals surface area (Å²) in [6.45, 7) is 1.66. The minimum atomic E-state index is -1.23. The second-order valence-electron chi connectivity index (χ2n) is 6.46. The maximum absolute atomic E-state index is 13.7. The Kier molecular flexibility index (Phi) is 6.75. The van der Waals surface area contributed by atoms with Gasteiger partial charge < -0.3 is 14.8 Å². The van der Waals surface area contributed by atoms with Crippen molar-refractivity contribution in [3.63, 3.8) is 0 Å². The van der Waals surface area contributed by atoms with Crippen LogP contribution in [-0.2, 0) is 16.1 Å². The zero-order valence-corrected chi connectivity index (χ0v) is 16.1. The predicted octanol–water partition coefficient (Wildman–Crippen LogP) is 4.73. The van der Waals surface area contributed by atoms with Crippen LogP contribution in [0.25, 0.3) is 0 Å². The number of hydrogen-bond donors (Lipinski definition) is 1. The van der Waals surface area contributed by atoms with Gasteiger partial charge in [-0.25, -0.2) is 13.6 Å². The molecule has 0 spiro atoms. The maximum atomic E-state index is 13.7. The van der Waals surface area contributed by atoms with Crippen LogP contribution in [0.4, 0.5) is 14.5 Å². The lowest BCUT2D eigenvalue weighted by molar-refractivity contribution is -0.123. The Balaban J connectivity index is 1.59. The highest BCUT2D eigenvalue weighted by atomic mass is 19.1. The van der Waals surface area contributed by atoms with Gasteiger partial charge >= 0.3 is 5.97 Å². The number of anilines is 1. The average Bonchev–Trinajstić information content (AvgIpc) is 2.75. The molecule has 1 amide bonds. The van der Waals surface area contributed by atoms with Crippen molar-refractivity contribution in [2.45, 2.75) is 19.6 Å². The number of rotatable bonds is 7. The van der Waals surface area contributed by atoms with E-state index in [0.29, 0.717) is 12.4 Å². The first-order valence-electron chi connectivity index (χ1n) is 9.16. The summed E-state index contributed by atoms with van der Waals surface area (Å²) in [4.78, 5) is 24.5. The van der Waals surface area contributed by atoms with Gasteiger partial charge in [-0.2, -0.15) is 0 Å². The second-order valence-corrected chi connectivity index (χ2v) is 6.46. The highest BCUT2D eigenvalue weighted by Crippen LogP contribution is 2.18. The topological polar surface area (TPSA) is 64.6 Å². The van der Waals surface area contributed by atoms with Gasteiger partial charge in [0.1, 0.15) is 24.0 Å². The minimum absolute atomic E-state index is 0.192. The van der Waals surface area contributed by atoms with E-state index in [-0.39, 0.29) is 11.3 Å². The van der Waals surface area contributed by atoms with Crippen molar-refractivity contribution in [2.75, 3.05) is 5.32 Å². The number of carbonyl (C=O) groups excluding carboxylic acids is 2. The van der Waals surface area contributed by atoms with Crippen LogP contribution in [0.2, 0.25) is 0 Å². The molecule has 1 atom stereocenters. The van der Waals surface area contributed by atoms with Gasteiger partial charge in [0.25, 0.3) is 5.91 Å². The Bertz CT molecular complexity index is 1040. The van der Waals surface area contributed by atoms with E-state index >= 15 is 0 Å². The fourth-order valence-corrected chi connectivity index (χ4v) is 2.56. The van der Waals surface area contributed by atoms with Gasteiger partial charge in [-0.05, 0) is 42.8 Å². The molecule has 5 nitrogen and oxygen atoms in total. The number of esters is 1. The normalized spacial score (nSPS) is 11.4. The zero-order chi connectivity index (χ0) is 21.5. The average molecular weight is 411 g/mol. The van der Waals surface area contributed by atoms with Crippen molar-refractivity contribution < 1.29 is 27.8 Å². The molecule has 0 aliphatic carbocycles. The van der Waals surface area contributed by atoms with Crippen LogP contribution >= 0.6 is 0 Å². The third kappa shape index (κ3) is 5.64. The van der Waals surface area contributed by atoms with E-state index in [1.165, 1.54) is 19.1 Å². The standard InChI is InChI=1S/C23H19F2NO4/c1-15(22(27)26-21-13-18(24)10-11-20(21)25)30-23(28)17-8-5-9-19(12-17)29-14-16-6-3-2-4-7-16/h2-13,15H,14H2,1H3,(H,26,27)/t15-/m1/s1. The summed E-state index contributed by atoms with van der Waals surface area (Å²) in [5.41, 5.74) is 0.830. The van der Waals surface area contributed by atoms with Crippen LogP contribution in [-0.4, -0.2) is 18.0 Å². The monoisotopic (exact) mass is 411 g/mol. The van der Waals surface area contributed by atoms with Crippen LogP contribution in [0.15, 0.2) is 72.8 Å². The summed E-state index contributed by atoms with van der Waals surface area (Å²) >= 11 is 0. The predicted molar refractivity (Wildman–Crippen MR) is 107 cm³/mol. The zero-order valence-electron chi connectivity index (χ0n) is 16.1. The molecular weight excluding hydrogens is 392 g/mol. The van der Waals surface area contributed by atoms with Crippen molar-refractivity contribution in [3.8, 4) is 5.75 Å². The van der Waals surface area contributed by atoms with Crippen molar-refractivity contribution in [2.24, 2.45) is 0 Å². The number of hydrogen-bond acceptors (Lipinski definition) is 4. The van der Waals surface area contributed by atoms with Gasteiger partial charge in [0.2, 0.25) is 0 Å². The third-order valence-corrected chi connectivity index (χ3v) is 4.16. The number of amides is 1. The van der Waals surface area contributed by atoms with Crippen molar-refractivity contribution in [1.82, 2.24) is 0 Å². The van der Waals surface area contributed by atoms with E-state index in [2.05, 4.69) is 5.32 Å². The van der Waals surface area contributed by atoms with E-state index in [1.54, 1.807) is 12.1 Å². The molecule has 30 heavy (non-hydrogen) atoms. The third-order valence-electron chi connectivity index (χ3n) is 4.16. The number of halogens is 2. The second kappa shape index (κ2) is 9.65. The summed E-state index contributed by atoms with van der Waals surface area (Å²) in [6, 6.07) is 18.5. The van der Waals surface area contributed by atoms with Gasteiger partial charge in [-0.1, -0.05) is 36.4 Å². The fourth-order valence-electron chi connectivity index (χ4n) is 2.56. The first-order chi connectivity index (χ1) is 14.4. The van der Waals surface area contributed by atoms with Crippen LogP contribution in [0.3, 0.4) is 0 Å². The van der Waals surface area contributed by atoms with Gasteiger partial charge in [-0.3, -0.25) is 4.79 Å². The highest BCUT2D eigenvalue weighted by molar-refractivity contribution is 5.97. The lowest BCUT2D eigenvalue weighted by atomic mass is 10.2. The molecule has 0 bridgehead atoms. The summed E-state index contributed by atoms with van der Waals surface area (Å²) in [7, 11) is 0. The van der Waals surface area contributed by atoms with E-state index in [0.717, 1.165) is 23.8 Å². The van der Waals surface area contributed by atoms with Gasteiger partial charge in [0.15, 0.2) is 6.10 Å². The van der Waals surface area contributed by atoms with Gasteiger partial charge in [0, 0.05) is 6.07 Å². The number of carbonyl (C=O) groups is 2. The molecule has 0 aliphatic rings. The molecule has 0 saturated heterocycles. The molecule has 3 aromatic carbocycles. The molecular formula is C23H19F2NO4. The summed E-state index contributed by atoms with van der Waals surface area (Å²) < 4.78 is 37.7. The first-order valence-corrected chi connectivity index (χ1v) is 9.16. The van der Waals surface area contributed by atoms with Crippen molar-refractivity contribution in [1.29, 1.82) is 0 Å². The number of ether oxygens (including phenoxy) is 2. The Labute approximate surface area is 172 Å². The Morgan fingerprint density at radius 1 is 0.967 bits per heavy atom. The van der Waals surface area contributed by atoms with E-state index in [4.69, 9.17) is 9.47 Å². The fraction of sp³-hybridized carbons (Fsp3) is 0.130. The Morgan fingerprint density at radius 2 is 1.73 bits per heavy atom. The van der Waals surface area contributed by atoms with E-state index < -0.39 is 29.6 Å². The Hall–Kier alpha value is -3.74. The van der Waals surface area contributed by atoms with Gasteiger partial charge in [0.05, 0.1) is 11.3 Å². The SMILES string of the molecule is C[C@@H](OC(=O)c1cccc(OCc2ccccc2)c1)C(=O)Nc1cc(F)ccc1F. The molecule has 0 radical (unpaired) electrons. The first kappa shape index (κ1) is 21.0. The molecule has 7 heteroatoms. The van der Waals surface area contributed by atoms with Crippen LogP contribution in [0, 0.1) is 11.6 Å². The van der Waals surface area contributed by atoms with E-state index in [1.807, 2.05) is 30.3 Å². The van der Waals surface area contributed by atoms with Crippen molar-refractivity contribution in [3.05, 3.63) is 95.6 Å². The molecule has 0 aromatic heterocycles. The van der Waals surface area contributed by atoms with Gasteiger partial charge in [-0.15, -0.1) is 0 Å². The van der Waals surface area contributed by atoms with Crippen LogP contribution < -0.4 is 10.1 Å². The number of nitrogens with one attached hydrogen (secondary N) is 1. The molecule has 0 unspecified atom stereocenters. The smallest absolute Gasteiger partial charge is 0.339 e. The van der Waals surface area contributed by atoms with E-state index in [9.17, 15) is 18.4 Å². The largest absolute Gasteiger partial charge is 0.489 e. The molecule has 0 saturated carbocycles. The molecule has 3 rings (SSSR count). The molecule has 154 valence electrons. The Morgan fingerprint density at radius 3 is 2.50 bits per heavy atom. The molecule has 0 heterocycles. The lowest BCUT2D eigenvalue weighted by Gasteiger charge is -2.14. The maximum Gasteiger partial charge on any atom is 0.339 e. The van der Waals surface area contributed by atoms with Crippen LogP contribution in [0.5, 0.6) is 5.75 Å². The molecule has 0 aliphatic heterocycles. The highest BCUT2D eigenvalue weighted by Gasteiger charge is 2.20. The minimum Gasteiger partial charge on any atom is -0.489 e. The summed E-state index contributed by atoms with van der Waals surface area (Å²) in [5.74, 6) is -2.57.